The molecule has 152 valence electrons. The summed E-state index contributed by atoms with van der Waals surface area (Å²) in [5.74, 6) is 0.563. The van der Waals surface area contributed by atoms with Crippen LogP contribution in [0.5, 0.6) is 0 Å². The number of amides is 1. The molecule has 31 heavy (non-hydrogen) atoms. The van der Waals surface area contributed by atoms with E-state index >= 15 is 0 Å². The fourth-order valence-corrected chi connectivity index (χ4v) is 4.17. The van der Waals surface area contributed by atoms with Crippen molar-refractivity contribution in [1.29, 1.82) is 5.41 Å². The van der Waals surface area contributed by atoms with Gasteiger partial charge in [-0.15, -0.1) is 0 Å². The van der Waals surface area contributed by atoms with Crippen molar-refractivity contribution in [2.75, 3.05) is 0 Å². The average Bonchev–Trinajstić information content (AvgIpc) is 3.40. The number of hydrogen-bond donors (Lipinski definition) is 1. The molecule has 0 atom stereocenters. The van der Waals surface area contributed by atoms with Gasteiger partial charge >= 0.3 is 0 Å². The zero-order chi connectivity index (χ0) is 21.5. The van der Waals surface area contributed by atoms with Crippen LogP contribution in [0.2, 0.25) is 5.02 Å². The first-order valence-electron chi connectivity index (χ1n) is 9.41. The van der Waals surface area contributed by atoms with E-state index in [1.807, 2.05) is 43.3 Å². The fourth-order valence-electron chi connectivity index (χ4n) is 3.15. The molecule has 0 bridgehead atoms. The van der Waals surface area contributed by atoms with Crippen LogP contribution in [0.25, 0.3) is 17.4 Å². The van der Waals surface area contributed by atoms with Crippen LogP contribution >= 0.6 is 23.4 Å². The third-order valence-electron chi connectivity index (χ3n) is 4.80. The number of hydrogen-bond acceptors (Lipinski definition) is 5. The van der Waals surface area contributed by atoms with Gasteiger partial charge < -0.3 is 4.42 Å². The van der Waals surface area contributed by atoms with E-state index < -0.39 is 5.91 Å². The highest BCUT2D eigenvalue weighted by Gasteiger charge is 2.36. The molecule has 0 saturated carbocycles. The molecule has 8 heteroatoms. The number of carbonyl (C=O) groups is 1. The van der Waals surface area contributed by atoms with Gasteiger partial charge in [0, 0.05) is 16.1 Å². The number of hydrazone groups is 1. The van der Waals surface area contributed by atoms with Gasteiger partial charge in [0.25, 0.3) is 5.91 Å². The number of halogens is 1. The summed E-state index contributed by atoms with van der Waals surface area (Å²) in [5.41, 5.74) is 3.04. The predicted octanol–water partition coefficient (Wildman–Crippen LogP) is 5.58. The summed E-state index contributed by atoms with van der Waals surface area (Å²) < 4.78 is 5.85. The standard InChI is InChI=1S/C23H15ClN4O2S/c1-13-2-4-15(5-3-13)22-27-28-20(25)18(21(29)26-23(28)31-22)12-17-10-11-19(30-17)14-6-8-16(24)9-7-14/h2-12,25H,1H3/b18-12-,25-20?. The minimum Gasteiger partial charge on any atom is -0.457 e. The van der Waals surface area contributed by atoms with Crippen LogP contribution in [0.4, 0.5) is 0 Å². The van der Waals surface area contributed by atoms with Crippen molar-refractivity contribution >= 4 is 51.4 Å². The van der Waals surface area contributed by atoms with Crippen LogP contribution in [0.1, 0.15) is 16.9 Å². The minimum atomic E-state index is -0.492. The Morgan fingerprint density at radius 2 is 1.74 bits per heavy atom. The van der Waals surface area contributed by atoms with Gasteiger partial charge in [-0.05, 0) is 61.2 Å². The number of fused-ring (bicyclic) bond motifs is 1. The second-order valence-electron chi connectivity index (χ2n) is 7.00. The second kappa shape index (κ2) is 7.68. The topological polar surface area (TPSA) is 82.0 Å². The van der Waals surface area contributed by atoms with Gasteiger partial charge in [-0.25, -0.2) is 0 Å². The van der Waals surface area contributed by atoms with E-state index in [0.717, 1.165) is 16.7 Å². The van der Waals surface area contributed by atoms with Gasteiger partial charge in [0.1, 0.15) is 16.6 Å². The Hall–Kier alpha value is -3.42. The second-order valence-corrected chi connectivity index (χ2v) is 8.39. The van der Waals surface area contributed by atoms with Crippen molar-refractivity contribution in [2.45, 2.75) is 6.92 Å². The number of furan rings is 1. The third-order valence-corrected chi connectivity index (χ3v) is 6.00. The Morgan fingerprint density at radius 3 is 2.48 bits per heavy atom. The van der Waals surface area contributed by atoms with Gasteiger partial charge in [0.05, 0.1) is 5.57 Å². The Kier molecular flexibility index (Phi) is 4.84. The maximum atomic E-state index is 12.6. The number of aryl methyl sites for hydroxylation is 1. The molecule has 0 radical (unpaired) electrons. The van der Waals surface area contributed by atoms with Crippen LogP contribution in [-0.4, -0.2) is 27.0 Å². The quantitative estimate of drug-likeness (QED) is 0.533. The summed E-state index contributed by atoms with van der Waals surface area (Å²) >= 11 is 7.21. The van der Waals surface area contributed by atoms with E-state index in [1.165, 1.54) is 22.8 Å². The monoisotopic (exact) mass is 446 g/mol. The van der Waals surface area contributed by atoms with Crippen molar-refractivity contribution < 1.29 is 9.21 Å². The van der Waals surface area contributed by atoms with Crippen molar-refractivity contribution in [3.8, 4) is 11.3 Å². The zero-order valence-corrected chi connectivity index (χ0v) is 17.9. The minimum absolute atomic E-state index is 0.0333. The maximum Gasteiger partial charge on any atom is 0.283 e. The molecule has 3 aromatic rings. The van der Waals surface area contributed by atoms with Crippen molar-refractivity contribution in [2.24, 2.45) is 10.1 Å². The lowest BCUT2D eigenvalue weighted by atomic mass is 10.1. The molecule has 6 nitrogen and oxygen atoms in total. The highest BCUT2D eigenvalue weighted by atomic mass is 35.5. The molecular weight excluding hydrogens is 432 g/mol. The predicted molar refractivity (Wildman–Crippen MR) is 124 cm³/mol. The summed E-state index contributed by atoms with van der Waals surface area (Å²) in [4.78, 5) is 16.7. The van der Waals surface area contributed by atoms with Crippen LogP contribution in [0, 0.1) is 12.3 Å². The van der Waals surface area contributed by atoms with E-state index in [1.54, 1.807) is 24.3 Å². The van der Waals surface area contributed by atoms with Crippen LogP contribution in [-0.2, 0) is 4.79 Å². The number of thioether (sulfide) groups is 1. The Morgan fingerprint density at radius 1 is 1.03 bits per heavy atom. The summed E-state index contributed by atoms with van der Waals surface area (Å²) in [5, 5.41) is 16.1. The molecule has 0 aliphatic carbocycles. The summed E-state index contributed by atoms with van der Waals surface area (Å²) in [6.45, 7) is 2.01. The molecule has 3 heterocycles. The smallest absolute Gasteiger partial charge is 0.283 e. The zero-order valence-electron chi connectivity index (χ0n) is 16.3. The van der Waals surface area contributed by atoms with Crippen molar-refractivity contribution in [3.63, 3.8) is 0 Å². The number of amidine groups is 2. The molecule has 0 saturated heterocycles. The lowest BCUT2D eigenvalue weighted by Crippen LogP contribution is -2.35. The average molecular weight is 447 g/mol. The first-order chi connectivity index (χ1) is 15.0. The first kappa shape index (κ1) is 19.5. The number of nitrogens with zero attached hydrogens (tertiary/aromatic N) is 3. The van der Waals surface area contributed by atoms with Gasteiger partial charge in [-0.3, -0.25) is 10.2 Å². The SMILES string of the molecule is Cc1ccc(C2=NN3C(=N)/C(=C/c4ccc(-c5ccc(Cl)cc5)o4)C(=O)N=C3S2)cc1. The highest BCUT2D eigenvalue weighted by molar-refractivity contribution is 8.27. The molecule has 2 aliphatic rings. The van der Waals surface area contributed by atoms with Gasteiger partial charge in [0.15, 0.2) is 5.84 Å². The largest absolute Gasteiger partial charge is 0.457 e. The normalized spacial score (nSPS) is 17.1. The molecule has 1 N–H and O–H groups in total. The molecule has 0 spiro atoms. The number of rotatable bonds is 3. The molecule has 1 aromatic heterocycles. The summed E-state index contributed by atoms with van der Waals surface area (Å²) in [6, 6.07) is 18.7. The van der Waals surface area contributed by atoms with Gasteiger partial charge in [-0.2, -0.15) is 15.1 Å². The van der Waals surface area contributed by atoms with Crippen LogP contribution in [0.15, 0.2) is 80.7 Å². The van der Waals surface area contributed by atoms with E-state index in [4.69, 9.17) is 21.4 Å². The van der Waals surface area contributed by atoms with Crippen LogP contribution in [0.3, 0.4) is 0 Å². The van der Waals surface area contributed by atoms with Gasteiger partial charge in [0.2, 0.25) is 5.17 Å². The van der Waals surface area contributed by atoms with E-state index in [-0.39, 0.29) is 11.4 Å². The maximum absolute atomic E-state index is 12.6. The molecule has 5 rings (SSSR count). The highest BCUT2D eigenvalue weighted by Crippen LogP contribution is 2.31. The van der Waals surface area contributed by atoms with Crippen LogP contribution < -0.4 is 0 Å². The molecule has 0 unspecified atom stereocenters. The number of aliphatic imine (C=N–C) groups is 1. The Balaban J connectivity index is 1.43. The third kappa shape index (κ3) is 3.73. The van der Waals surface area contributed by atoms with Gasteiger partial charge in [-0.1, -0.05) is 41.4 Å². The lowest BCUT2D eigenvalue weighted by Gasteiger charge is -2.19. The molecule has 0 fully saturated rings. The van der Waals surface area contributed by atoms with E-state index in [9.17, 15) is 4.79 Å². The van der Waals surface area contributed by atoms with E-state index in [2.05, 4.69) is 10.1 Å². The van der Waals surface area contributed by atoms with Crippen molar-refractivity contribution in [1.82, 2.24) is 5.01 Å². The fraction of sp³-hybridized carbons (Fsp3) is 0.0435. The number of benzene rings is 2. The molecular formula is C23H15ClN4O2S. The Bertz CT molecular complexity index is 1300. The molecule has 2 aromatic carbocycles. The first-order valence-corrected chi connectivity index (χ1v) is 10.6. The Labute approximate surface area is 187 Å². The number of nitrogens with one attached hydrogen (secondary N) is 1. The summed E-state index contributed by atoms with van der Waals surface area (Å²) in [7, 11) is 0. The van der Waals surface area contributed by atoms with E-state index in [0.29, 0.717) is 26.8 Å². The lowest BCUT2D eigenvalue weighted by molar-refractivity contribution is -0.114. The number of carbonyl (C=O) groups excluding carboxylic acids is 1. The summed E-state index contributed by atoms with van der Waals surface area (Å²) in [6.07, 6.45) is 1.52. The molecule has 2 aliphatic heterocycles. The van der Waals surface area contributed by atoms with Crippen molar-refractivity contribution in [3.05, 3.63) is 88.1 Å². The molecule has 1 amide bonds.